The molecule has 2 aromatic rings. The molecule has 21 heavy (non-hydrogen) atoms. The Morgan fingerprint density at radius 2 is 2.38 bits per heavy atom. The largest absolute Gasteiger partial charge is 0.496 e. The lowest BCUT2D eigenvalue weighted by Gasteiger charge is -2.06. The van der Waals surface area contributed by atoms with E-state index in [1.165, 1.54) is 42.3 Å². The third kappa shape index (κ3) is 4.13. The average molecular weight is 326 g/mol. The summed E-state index contributed by atoms with van der Waals surface area (Å²) in [5.41, 5.74) is 1.47. The van der Waals surface area contributed by atoms with E-state index in [9.17, 15) is 14.9 Å². The molecule has 0 radical (unpaired) electrons. The molecule has 0 aliphatic carbocycles. The van der Waals surface area contributed by atoms with Gasteiger partial charge in [0.25, 0.3) is 5.69 Å². The maximum atomic E-state index is 11.8. The summed E-state index contributed by atoms with van der Waals surface area (Å²) in [7, 11) is 1.41. The highest BCUT2D eigenvalue weighted by atomic mass is 32.2. The van der Waals surface area contributed by atoms with E-state index >= 15 is 0 Å². The lowest BCUT2D eigenvalue weighted by Crippen LogP contribution is -2.15. The molecule has 10 heteroatoms. The van der Waals surface area contributed by atoms with Crippen LogP contribution < -0.4 is 10.1 Å². The molecule has 1 N–H and O–H groups in total. The first kappa shape index (κ1) is 15.2. The summed E-state index contributed by atoms with van der Waals surface area (Å²) >= 11 is 2.53. The number of nitro benzene ring substituents is 1. The first-order valence-corrected chi connectivity index (χ1v) is 7.48. The van der Waals surface area contributed by atoms with Crippen LogP contribution in [0, 0.1) is 10.1 Å². The van der Waals surface area contributed by atoms with Crippen LogP contribution in [-0.2, 0) is 4.79 Å². The molecule has 1 amide bonds. The van der Waals surface area contributed by atoms with E-state index in [0.29, 0.717) is 10.1 Å². The predicted octanol–water partition coefficient (Wildman–Crippen LogP) is 2.19. The van der Waals surface area contributed by atoms with Crippen LogP contribution in [0.5, 0.6) is 5.75 Å². The van der Waals surface area contributed by atoms with Crippen LogP contribution in [0.3, 0.4) is 0 Å². The number of thioether (sulfide) groups is 1. The molecule has 1 aromatic carbocycles. The number of hydrogen-bond donors (Lipinski definition) is 1. The molecule has 1 heterocycles. The quantitative estimate of drug-likeness (QED) is 0.492. The van der Waals surface area contributed by atoms with Gasteiger partial charge in [-0.2, -0.15) is 0 Å². The van der Waals surface area contributed by atoms with Crippen LogP contribution in [0.2, 0.25) is 0 Å². The number of nitro groups is 1. The average Bonchev–Trinajstić information content (AvgIpc) is 2.98. The second-order valence-electron chi connectivity index (χ2n) is 3.68. The van der Waals surface area contributed by atoms with Gasteiger partial charge in [-0.1, -0.05) is 23.1 Å². The van der Waals surface area contributed by atoms with Crippen molar-refractivity contribution in [3.8, 4) is 5.75 Å². The third-order valence-electron chi connectivity index (χ3n) is 2.34. The molecule has 0 unspecified atom stereocenters. The van der Waals surface area contributed by atoms with E-state index in [2.05, 4.69) is 15.5 Å². The van der Waals surface area contributed by atoms with E-state index in [-0.39, 0.29) is 23.0 Å². The zero-order valence-electron chi connectivity index (χ0n) is 10.8. The first-order valence-electron chi connectivity index (χ1n) is 5.61. The summed E-state index contributed by atoms with van der Waals surface area (Å²) in [5, 5.41) is 20.9. The van der Waals surface area contributed by atoms with Crippen LogP contribution >= 0.6 is 23.1 Å². The number of nitrogens with zero attached hydrogens (tertiary/aromatic N) is 3. The summed E-state index contributed by atoms with van der Waals surface area (Å²) in [6.45, 7) is 0. The Labute approximate surface area is 127 Å². The van der Waals surface area contributed by atoms with Crippen molar-refractivity contribution in [2.45, 2.75) is 4.34 Å². The molecule has 0 bridgehead atoms. The van der Waals surface area contributed by atoms with Crippen molar-refractivity contribution in [3.63, 3.8) is 0 Å². The zero-order chi connectivity index (χ0) is 15.2. The lowest BCUT2D eigenvalue weighted by atomic mass is 10.2. The number of benzene rings is 1. The van der Waals surface area contributed by atoms with Crippen molar-refractivity contribution in [1.29, 1.82) is 0 Å². The number of amides is 1. The van der Waals surface area contributed by atoms with Gasteiger partial charge >= 0.3 is 0 Å². The number of ether oxygens (including phenoxy) is 1. The smallest absolute Gasteiger partial charge is 0.296 e. The Hall–Kier alpha value is -2.20. The highest BCUT2D eigenvalue weighted by Crippen LogP contribution is 2.29. The molecule has 0 fully saturated rings. The highest BCUT2D eigenvalue weighted by molar-refractivity contribution is 8.01. The van der Waals surface area contributed by atoms with Gasteiger partial charge in [0.1, 0.15) is 16.9 Å². The number of anilines is 1. The van der Waals surface area contributed by atoms with Gasteiger partial charge in [-0.05, 0) is 12.1 Å². The summed E-state index contributed by atoms with van der Waals surface area (Å²) in [4.78, 5) is 22.2. The molecule has 0 aliphatic rings. The molecule has 0 saturated heterocycles. The zero-order valence-corrected chi connectivity index (χ0v) is 12.4. The standard InChI is InChI=1S/C11H10N4O4S2/c1-19-7-2-3-8(9(4-7)15(17)18)13-10(16)5-20-11-14-12-6-21-11/h2-4,6H,5H2,1H3,(H,13,16). The van der Waals surface area contributed by atoms with Crippen LogP contribution in [0.15, 0.2) is 28.0 Å². The number of methoxy groups -OCH3 is 1. The normalized spacial score (nSPS) is 10.1. The maximum absolute atomic E-state index is 11.8. The second kappa shape index (κ2) is 6.99. The number of carbonyl (C=O) groups is 1. The second-order valence-corrected chi connectivity index (χ2v) is 5.74. The minimum Gasteiger partial charge on any atom is -0.496 e. The van der Waals surface area contributed by atoms with E-state index in [0.717, 1.165) is 0 Å². The van der Waals surface area contributed by atoms with Crippen LogP contribution in [0.1, 0.15) is 0 Å². The fourth-order valence-corrected chi connectivity index (χ4v) is 2.72. The Balaban J connectivity index is 2.04. The van der Waals surface area contributed by atoms with Gasteiger partial charge in [0, 0.05) is 0 Å². The van der Waals surface area contributed by atoms with Gasteiger partial charge in [-0.25, -0.2) is 0 Å². The van der Waals surface area contributed by atoms with Gasteiger partial charge < -0.3 is 10.1 Å². The van der Waals surface area contributed by atoms with Crippen molar-refractivity contribution < 1.29 is 14.5 Å². The lowest BCUT2D eigenvalue weighted by molar-refractivity contribution is -0.384. The van der Waals surface area contributed by atoms with Gasteiger partial charge in [-0.3, -0.25) is 14.9 Å². The Bertz CT molecular complexity index is 648. The molecule has 1 aromatic heterocycles. The SMILES string of the molecule is COc1ccc(NC(=O)CSc2nncs2)c([N+](=O)[O-])c1. The molecule has 0 aliphatic heterocycles. The van der Waals surface area contributed by atoms with Crippen molar-refractivity contribution >= 4 is 40.4 Å². The van der Waals surface area contributed by atoms with Gasteiger partial charge in [-0.15, -0.1) is 10.2 Å². The van der Waals surface area contributed by atoms with E-state index in [4.69, 9.17) is 4.74 Å². The molecule has 0 saturated carbocycles. The molecule has 2 rings (SSSR count). The molecule has 8 nitrogen and oxygen atoms in total. The maximum Gasteiger partial charge on any atom is 0.296 e. The van der Waals surface area contributed by atoms with Crippen molar-refractivity contribution in [2.75, 3.05) is 18.2 Å². The van der Waals surface area contributed by atoms with Gasteiger partial charge in [0.2, 0.25) is 5.91 Å². The summed E-state index contributed by atoms with van der Waals surface area (Å²) < 4.78 is 5.59. The van der Waals surface area contributed by atoms with E-state index in [1.807, 2.05) is 0 Å². The fraction of sp³-hybridized carbons (Fsp3) is 0.182. The number of nitrogens with one attached hydrogen (secondary N) is 1. The fourth-order valence-electron chi connectivity index (χ4n) is 1.43. The number of carbonyl (C=O) groups excluding carboxylic acids is 1. The minimum atomic E-state index is -0.573. The number of hydrogen-bond acceptors (Lipinski definition) is 8. The minimum absolute atomic E-state index is 0.0956. The Kier molecular flexibility index (Phi) is 5.06. The predicted molar refractivity (Wildman–Crippen MR) is 78.9 cm³/mol. The molecule has 110 valence electrons. The Morgan fingerprint density at radius 3 is 3.00 bits per heavy atom. The van der Waals surface area contributed by atoms with Crippen LogP contribution in [0.4, 0.5) is 11.4 Å². The van der Waals surface area contributed by atoms with Crippen molar-refractivity contribution in [3.05, 3.63) is 33.8 Å². The molecular weight excluding hydrogens is 316 g/mol. The topological polar surface area (TPSA) is 107 Å². The summed E-state index contributed by atoms with van der Waals surface area (Å²) in [5.74, 6) is 0.0876. The number of rotatable bonds is 6. The van der Waals surface area contributed by atoms with Crippen molar-refractivity contribution in [2.24, 2.45) is 0 Å². The van der Waals surface area contributed by atoms with Gasteiger partial charge in [0.05, 0.1) is 23.9 Å². The molecule has 0 atom stereocenters. The summed E-state index contributed by atoms with van der Waals surface area (Å²) in [6.07, 6.45) is 0. The Morgan fingerprint density at radius 1 is 1.57 bits per heavy atom. The van der Waals surface area contributed by atoms with E-state index in [1.54, 1.807) is 11.6 Å². The monoisotopic (exact) mass is 326 g/mol. The highest BCUT2D eigenvalue weighted by Gasteiger charge is 2.17. The van der Waals surface area contributed by atoms with Crippen LogP contribution in [0.25, 0.3) is 0 Å². The first-order chi connectivity index (χ1) is 10.1. The van der Waals surface area contributed by atoms with Gasteiger partial charge in [0.15, 0.2) is 4.34 Å². The van der Waals surface area contributed by atoms with E-state index < -0.39 is 4.92 Å². The number of aromatic nitrogens is 2. The third-order valence-corrected chi connectivity index (χ3v) is 4.20. The summed E-state index contributed by atoms with van der Waals surface area (Å²) in [6, 6.07) is 4.23. The van der Waals surface area contributed by atoms with Crippen LogP contribution in [-0.4, -0.2) is 33.9 Å². The molecular formula is C11H10N4O4S2. The molecule has 0 spiro atoms. The van der Waals surface area contributed by atoms with Crippen molar-refractivity contribution in [1.82, 2.24) is 10.2 Å².